The molecule has 0 bridgehead atoms. The molecule has 1 atom stereocenters. The van der Waals surface area contributed by atoms with Gasteiger partial charge in [0.05, 0.1) is 0 Å². The molecular weight excluding hydrogens is 362 g/mol. The van der Waals surface area contributed by atoms with Crippen molar-refractivity contribution in [3.05, 3.63) is 35.4 Å². The highest BCUT2D eigenvalue weighted by Gasteiger charge is 2.39. The summed E-state index contributed by atoms with van der Waals surface area (Å²) in [5.41, 5.74) is 2.12. The van der Waals surface area contributed by atoms with Crippen LogP contribution in [0.3, 0.4) is 0 Å². The molecule has 1 aromatic rings. The van der Waals surface area contributed by atoms with E-state index in [1.54, 1.807) is 18.7 Å². The van der Waals surface area contributed by atoms with Crippen molar-refractivity contribution in [2.45, 2.75) is 45.8 Å². The Morgan fingerprint density at radius 3 is 2.18 bits per heavy atom. The first-order valence-corrected chi connectivity index (χ1v) is 9.48. The van der Waals surface area contributed by atoms with Crippen molar-refractivity contribution in [2.24, 2.45) is 5.92 Å². The van der Waals surface area contributed by atoms with Gasteiger partial charge in [0, 0.05) is 26.2 Å². The van der Waals surface area contributed by atoms with E-state index in [-0.39, 0.29) is 24.9 Å². The average molecular weight is 387 g/mol. The average Bonchev–Trinajstić information content (AvgIpc) is 3.07. The van der Waals surface area contributed by atoms with Crippen LogP contribution in [-0.4, -0.2) is 62.8 Å². The highest BCUT2D eigenvalue weighted by atomic mass is 16.4. The Morgan fingerprint density at radius 2 is 1.64 bits per heavy atom. The summed E-state index contributed by atoms with van der Waals surface area (Å²) in [6, 6.07) is 6.10. The lowest BCUT2D eigenvalue weighted by molar-refractivity contribution is -0.146. The number of carboxylic acid groups (broad SMARTS) is 1. The van der Waals surface area contributed by atoms with Gasteiger partial charge in [-0.25, -0.2) is 9.59 Å². The monoisotopic (exact) mass is 387 g/mol. The number of carbonyl (C=O) groups excluding carboxylic acids is 3. The molecule has 8 nitrogen and oxygen atoms in total. The van der Waals surface area contributed by atoms with Gasteiger partial charge < -0.3 is 14.9 Å². The second kappa shape index (κ2) is 8.00. The lowest BCUT2D eigenvalue weighted by Crippen LogP contribution is -2.58. The highest BCUT2D eigenvalue weighted by Crippen LogP contribution is 2.24. The summed E-state index contributed by atoms with van der Waals surface area (Å²) < 4.78 is 0. The summed E-state index contributed by atoms with van der Waals surface area (Å²) in [4.78, 5) is 53.4. The van der Waals surface area contributed by atoms with Crippen LogP contribution in [0, 0.1) is 5.92 Å². The molecule has 2 heterocycles. The van der Waals surface area contributed by atoms with E-state index >= 15 is 0 Å². The van der Waals surface area contributed by atoms with Crippen LogP contribution < -0.4 is 0 Å². The zero-order valence-electron chi connectivity index (χ0n) is 16.1. The molecule has 0 aliphatic carbocycles. The third kappa shape index (κ3) is 3.85. The van der Waals surface area contributed by atoms with E-state index < -0.39 is 30.4 Å². The van der Waals surface area contributed by atoms with Gasteiger partial charge in [-0.05, 0) is 23.5 Å². The summed E-state index contributed by atoms with van der Waals surface area (Å²) >= 11 is 0. The van der Waals surface area contributed by atoms with Gasteiger partial charge in [-0.3, -0.25) is 14.5 Å². The van der Waals surface area contributed by atoms with E-state index in [1.165, 1.54) is 4.90 Å². The molecule has 1 aromatic carbocycles. The first-order valence-electron chi connectivity index (χ1n) is 9.48. The molecule has 1 saturated heterocycles. The number of amides is 4. The van der Waals surface area contributed by atoms with Gasteiger partial charge in [0.25, 0.3) is 0 Å². The number of benzene rings is 1. The maximum Gasteiger partial charge on any atom is 0.327 e. The first kappa shape index (κ1) is 19.9. The van der Waals surface area contributed by atoms with Gasteiger partial charge in [0.1, 0.15) is 12.5 Å². The van der Waals surface area contributed by atoms with Crippen molar-refractivity contribution in [1.29, 1.82) is 0 Å². The summed E-state index contributed by atoms with van der Waals surface area (Å²) in [7, 11) is 0. The van der Waals surface area contributed by atoms with Crippen LogP contribution in [-0.2, 0) is 27.5 Å². The van der Waals surface area contributed by atoms with Crippen LogP contribution in [0.5, 0.6) is 0 Å². The summed E-state index contributed by atoms with van der Waals surface area (Å²) in [6.45, 7) is 4.84. The minimum atomic E-state index is -1.09. The van der Waals surface area contributed by atoms with Crippen molar-refractivity contribution in [1.82, 2.24) is 14.7 Å². The minimum Gasteiger partial charge on any atom is -0.480 e. The predicted octanol–water partition coefficient (Wildman–Crippen LogP) is 1.68. The largest absolute Gasteiger partial charge is 0.480 e. The molecule has 28 heavy (non-hydrogen) atoms. The second-order valence-electron chi connectivity index (χ2n) is 7.60. The molecule has 0 radical (unpaired) electrons. The van der Waals surface area contributed by atoms with Crippen molar-refractivity contribution in [2.75, 3.05) is 13.1 Å². The molecule has 0 saturated carbocycles. The molecule has 1 unspecified atom stereocenters. The molecule has 0 aromatic heterocycles. The molecule has 3 rings (SSSR count). The number of nitrogens with zero attached hydrogens (tertiary/aromatic N) is 3. The Labute approximate surface area is 163 Å². The molecular formula is C20H25N3O5. The number of hydrogen-bond acceptors (Lipinski definition) is 4. The number of aliphatic carboxylic acids is 1. The Morgan fingerprint density at radius 1 is 1.04 bits per heavy atom. The van der Waals surface area contributed by atoms with Crippen molar-refractivity contribution < 1.29 is 24.3 Å². The number of carboxylic acids is 1. The zero-order valence-corrected chi connectivity index (χ0v) is 16.1. The van der Waals surface area contributed by atoms with Crippen molar-refractivity contribution >= 4 is 23.8 Å². The van der Waals surface area contributed by atoms with E-state index in [4.69, 9.17) is 0 Å². The fourth-order valence-corrected chi connectivity index (χ4v) is 3.86. The maximum atomic E-state index is 12.7. The van der Waals surface area contributed by atoms with Gasteiger partial charge in [-0.2, -0.15) is 0 Å². The lowest BCUT2D eigenvalue weighted by Gasteiger charge is -2.39. The van der Waals surface area contributed by atoms with Crippen molar-refractivity contribution in [3.8, 4) is 0 Å². The quantitative estimate of drug-likeness (QED) is 0.775. The minimum absolute atomic E-state index is 0.201. The first-order chi connectivity index (χ1) is 13.3. The van der Waals surface area contributed by atoms with Gasteiger partial charge in [0.2, 0.25) is 11.8 Å². The Balaban J connectivity index is 1.65. The van der Waals surface area contributed by atoms with Crippen LogP contribution in [0.2, 0.25) is 0 Å². The van der Waals surface area contributed by atoms with E-state index in [9.17, 15) is 24.3 Å². The molecule has 2 aliphatic heterocycles. The van der Waals surface area contributed by atoms with E-state index in [2.05, 4.69) is 0 Å². The molecule has 1 fully saturated rings. The van der Waals surface area contributed by atoms with Gasteiger partial charge in [-0.1, -0.05) is 38.1 Å². The Kier molecular flexibility index (Phi) is 5.67. The van der Waals surface area contributed by atoms with Gasteiger partial charge in [-0.15, -0.1) is 0 Å². The third-order valence-electron chi connectivity index (χ3n) is 5.27. The molecule has 8 heteroatoms. The lowest BCUT2D eigenvalue weighted by atomic mass is 10.0. The number of rotatable bonds is 5. The normalized spacial score (nSPS) is 17.7. The van der Waals surface area contributed by atoms with Gasteiger partial charge >= 0.3 is 12.0 Å². The van der Waals surface area contributed by atoms with E-state index in [1.807, 2.05) is 24.3 Å². The van der Waals surface area contributed by atoms with Crippen LogP contribution in [0.1, 0.15) is 37.8 Å². The zero-order chi connectivity index (χ0) is 20.4. The summed E-state index contributed by atoms with van der Waals surface area (Å²) in [6.07, 6.45) is 0.0876. The van der Waals surface area contributed by atoms with Crippen molar-refractivity contribution in [3.63, 3.8) is 0 Å². The van der Waals surface area contributed by atoms with Crippen LogP contribution in [0.4, 0.5) is 4.79 Å². The number of imide groups is 1. The number of fused-ring (bicyclic) bond motifs is 1. The van der Waals surface area contributed by atoms with E-state index in [0.29, 0.717) is 19.5 Å². The topological polar surface area (TPSA) is 98.2 Å². The number of carbonyl (C=O) groups is 4. The molecule has 1 N–H and O–H groups in total. The predicted molar refractivity (Wildman–Crippen MR) is 100 cm³/mol. The van der Waals surface area contributed by atoms with Gasteiger partial charge in [0.15, 0.2) is 0 Å². The highest BCUT2D eigenvalue weighted by molar-refractivity contribution is 6.04. The summed E-state index contributed by atoms with van der Waals surface area (Å²) in [5.74, 6) is -2.29. The molecule has 150 valence electrons. The Hall–Kier alpha value is -2.90. The third-order valence-corrected chi connectivity index (χ3v) is 5.27. The van der Waals surface area contributed by atoms with Crippen LogP contribution >= 0.6 is 0 Å². The van der Waals surface area contributed by atoms with E-state index in [0.717, 1.165) is 16.0 Å². The Bertz CT molecular complexity index is 782. The molecule has 0 spiro atoms. The maximum absolute atomic E-state index is 12.7. The summed E-state index contributed by atoms with van der Waals surface area (Å²) in [5, 5.41) is 9.46. The van der Waals surface area contributed by atoms with Crippen LogP contribution in [0.15, 0.2) is 24.3 Å². The fourth-order valence-electron chi connectivity index (χ4n) is 3.86. The standard InChI is InChI=1S/C20H25N3O5/c1-13(2)18(19(26)27)23-9-5-8-22(20(23)28)17(25)10-16(24)21-11-14-6-3-4-7-15(14)12-21/h3-4,6-7,13,18H,5,8-12H2,1-2H3,(H,26,27). The fraction of sp³-hybridized carbons (Fsp3) is 0.500. The van der Waals surface area contributed by atoms with Crippen LogP contribution in [0.25, 0.3) is 0 Å². The molecule has 4 amide bonds. The SMILES string of the molecule is CC(C)C(C(=O)O)N1CCCN(C(=O)CC(=O)N2Cc3ccccc3C2)C1=O. The smallest absolute Gasteiger partial charge is 0.327 e. The molecule has 2 aliphatic rings. The number of hydrogen-bond donors (Lipinski definition) is 1. The number of urea groups is 1. The second-order valence-corrected chi connectivity index (χ2v) is 7.60.